The molecular formula is C19H33N2O8PS-2. The third-order valence-electron chi connectivity index (χ3n) is 4.16. The fraction of sp³-hybridized carbons (Fsp3) is 0.737. The Balaban J connectivity index is 3.96. The van der Waals surface area contributed by atoms with Crippen molar-refractivity contribution < 1.29 is 38.4 Å². The molecule has 0 aliphatic heterocycles. The van der Waals surface area contributed by atoms with Crippen molar-refractivity contribution in [2.24, 2.45) is 5.41 Å². The van der Waals surface area contributed by atoms with Gasteiger partial charge in [-0.25, -0.2) is 0 Å². The van der Waals surface area contributed by atoms with Crippen LogP contribution in [0.15, 0.2) is 12.2 Å². The first-order chi connectivity index (χ1) is 14.4. The number of rotatable bonds is 16. The maximum absolute atomic E-state index is 12.0. The fourth-order valence-corrected chi connectivity index (χ4v) is 3.50. The molecule has 1 atom stereocenters. The van der Waals surface area contributed by atoms with E-state index < -0.39 is 31.9 Å². The summed E-state index contributed by atoms with van der Waals surface area (Å²) >= 11 is 1.17. The predicted molar refractivity (Wildman–Crippen MR) is 115 cm³/mol. The highest BCUT2D eigenvalue weighted by Gasteiger charge is 2.34. The van der Waals surface area contributed by atoms with Gasteiger partial charge in [-0.05, 0) is 26.2 Å². The molecular weight excluding hydrogens is 447 g/mol. The number of unbranched alkanes of at least 4 members (excludes halogenated alkanes) is 2. The third kappa shape index (κ3) is 16.1. The third-order valence-corrected chi connectivity index (χ3v) is 5.54. The number of carbonyl (C=O) groups excluding carboxylic acids is 3. The van der Waals surface area contributed by atoms with Crippen LogP contribution in [0.25, 0.3) is 0 Å². The Morgan fingerprint density at radius 3 is 2.45 bits per heavy atom. The average Bonchev–Trinajstić information content (AvgIpc) is 2.68. The second-order valence-corrected chi connectivity index (χ2v) is 9.84. The molecule has 10 nitrogen and oxygen atoms in total. The van der Waals surface area contributed by atoms with E-state index >= 15 is 0 Å². The molecule has 12 heteroatoms. The molecule has 0 saturated carbocycles. The highest BCUT2D eigenvalue weighted by atomic mass is 32.2. The van der Waals surface area contributed by atoms with Crippen molar-refractivity contribution in [3.05, 3.63) is 12.2 Å². The number of hydrogen-bond donors (Lipinski definition) is 3. The Hall–Kier alpha value is -1.23. The number of phosphoric acid groups is 1. The van der Waals surface area contributed by atoms with Gasteiger partial charge in [0.2, 0.25) is 11.8 Å². The molecule has 0 aromatic carbocycles. The van der Waals surface area contributed by atoms with Crippen LogP contribution in [0.5, 0.6) is 0 Å². The van der Waals surface area contributed by atoms with E-state index in [-0.39, 0.29) is 24.0 Å². The highest BCUT2D eigenvalue weighted by molar-refractivity contribution is 8.13. The van der Waals surface area contributed by atoms with Crippen LogP contribution in [-0.4, -0.2) is 53.6 Å². The SMILES string of the molecule is C/C=C\CCCCC(=O)SCCNC(=O)CCNC(=O)[C@H](O)C(C)(C)COP(=O)([O-])[O-]. The summed E-state index contributed by atoms with van der Waals surface area (Å²) in [5.41, 5.74) is -1.33. The lowest BCUT2D eigenvalue weighted by Gasteiger charge is -2.35. The quantitative estimate of drug-likeness (QED) is 0.159. The molecule has 0 radical (unpaired) electrons. The second kappa shape index (κ2) is 15.6. The zero-order valence-corrected chi connectivity index (χ0v) is 20.0. The lowest BCUT2D eigenvalue weighted by molar-refractivity contribution is -0.343. The van der Waals surface area contributed by atoms with E-state index in [9.17, 15) is 33.8 Å². The van der Waals surface area contributed by atoms with Crippen LogP contribution in [-0.2, 0) is 23.5 Å². The second-order valence-electron chi connectivity index (χ2n) is 7.54. The van der Waals surface area contributed by atoms with Crippen LogP contribution in [0, 0.1) is 5.41 Å². The van der Waals surface area contributed by atoms with E-state index in [0.717, 1.165) is 19.3 Å². The van der Waals surface area contributed by atoms with Gasteiger partial charge in [-0.15, -0.1) is 0 Å². The molecule has 0 bridgehead atoms. The van der Waals surface area contributed by atoms with Crippen molar-refractivity contribution in [3.8, 4) is 0 Å². The van der Waals surface area contributed by atoms with Crippen molar-refractivity contribution in [2.75, 3.05) is 25.4 Å². The van der Waals surface area contributed by atoms with Crippen molar-refractivity contribution >= 4 is 36.5 Å². The summed E-state index contributed by atoms with van der Waals surface area (Å²) < 4.78 is 14.7. The summed E-state index contributed by atoms with van der Waals surface area (Å²) in [4.78, 5) is 56.5. The smallest absolute Gasteiger partial charge is 0.249 e. The molecule has 0 heterocycles. The topological polar surface area (TPSA) is 168 Å². The van der Waals surface area contributed by atoms with Gasteiger partial charge < -0.3 is 34.6 Å². The molecule has 0 rings (SSSR count). The van der Waals surface area contributed by atoms with Gasteiger partial charge >= 0.3 is 0 Å². The maximum atomic E-state index is 12.0. The molecule has 0 fully saturated rings. The van der Waals surface area contributed by atoms with Crippen LogP contribution >= 0.6 is 19.6 Å². The Labute approximate surface area is 187 Å². The molecule has 180 valence electrons. The summed E-state index contributed by atoms with van der Waals surface area (Å²) in [7, 11) is -5.22. The van der Waals surface area contributed by atoms with Crippen LogP contribution < -0.4 is 20.4 Å². The van der Waals surface area contributed by atoms with Gasteiger partial charge in [-0.3, -0.25) is 14.4 Å². The highest BCUT2D eigenvalue weighted by Crippen LogP contribution is 2.31. The minimum absolute atomic E-state index is 0.0325. The molecule has 0 aliphatic carbocycles. The van der Waals surface area contributed by atoms with Crippen molar-refractivity contribution in [3.63, 3.8) is 0 Å². The number of aliphatic hydroxyl groups is 1. The number of phosphoric ester groups is 1. The van der Waals surface area contributed by atoms with Crippen molar-refractivity contribution in [1.82, 2.24) is 10.6 Å². The number of aliphatic hydroxyl groups excluding tert-OH is 1. The first kappa shape index (κ1) is 29.8. The van der Waals surface area contributed by atoms with Gasteiger partial charge in [-0.2, -0.15) is 0 Å². The van der Waals surface area contributed by atoms with Gasteiger partial charge in [0.25, 0.3) is 0 Å². The van der Waals surface area contributed by atoms with Gasteiger partial charge in [0.05, 0.1) is 14.4 Å². The Morgan fingerprint density at radius 2 is 1.84 bits per heavy atom. The van der Waals surface area contributed by atoms with E-state index in [0.29, 0.717) is 18.7 Å². The number of amides is 2. The predicted octanol–water partition coefficient (Wildman–Crippen LogP) is 0.238. The molecule has 2 amide bonds. The van der Waals surface area contributed by atoms with Crippen LogP contribution in [0.3, 0.4) is 0 Å². The number of thioether (sulfide) groups is 1. The first-order valence-corrected chi connectivity index (χ1v) is 12.5. The molecule has 3 N–H and O–H groups in total. The normalized spacial score (nSPS) is 13.2. The standard InChI is InChI=1S/C19H35N2O8PS/c1-4-5-6-7-8-9-16(23)31-13-12-20-15(22)10-11-21-18(25)17(24)19(2,3)14-29-30(26,27)28/h4-5,17,24H,6-14H2,1-3H3,(H,20,22)(H,21,25)(H2,26,27,28)/p-2/b5-4-/t17-/m0/s1. The number of allylic oxidation sites excluding steroid dienone is 2. The summed E-state index contributed by atoms with van der Waals surface area (Å²) in [6.07, 6.45) is 5.65. The zero-order chi connectivity index (χ0) is 23.9. The molecule has 0 aromatic heterocycles. The maximum Gasteiger partial charge on any atom is 0.249 e. The average molecular weight is 481 g/mol. The largest absolute Gasteiger partial charge is 0.790 e. The molecule has 0 aromatic rings. The van der Waals surface area contributed by atoms with E-state index in [2.05, 4.69) is 21.2 Å². The van der Waals surface area contributed by atoms with Gasteiger partial charge in [0.1, 0.15) is 6.10 Å². The summed E-state index contributed by atoms with van der Waals surface area (Å²) in [6, 6.07) is 0. The van der Waals surface area contributed by atoms with Crippen LogP contribution in [0.1, 0.15) is 52.9 Å². The number of hydrogen-bond acceptors (Lipinski definition) is 9. The summed E-state index contributed by atoms with van der Waals surface area (Å²) in [5, 5.41) is 15.1. The van der Waals surface area contributed by atoms with Crippen LogP contribution in [0.2, 0.25) is 0 Å². The van der Waals surface area contributed by atoms with Crippen molar-refractivity contribution in [1.29, 1.82) is 0 Å². The summed E-state index contributed by atoms with van der Waals surface area (Å²) in [5.74, 6) is -0.679. The minimum atomic E-state index is -5.22. The molecule has 0 unspecified atom stereocenters. The molecule has 0 saturated heterocycles. The lowest BCUT2D eigenvalue weighted by atomic mass is 9.87. The number of nitrogens with one attached hydrogen (secondary N) is 2. The molecule has 31 heavy (non-hydrogen) atoms. The van der Waals surface area contributed by atoms with Crippen LogP contribution in [0.4, 0.5) is 0 Å². The van der Waals surface area contributed by atoms with Gasteiger partial charge in [0, 0.05) is 37.1 Å². The Morgan fingerprint density at radius 1 is 1.16 bits per heavy atom. The lowest BCUT2D eigenvalue weighted by Crippen LogP contribution is -2.46. The zero-order valence-electron chi connectivity index (χ0n) is 18.3. The van der Waals surface area contributed by atoms with Gasteiger partial charge in [0.15, 0.2) is 5.12 Å². The Bertz CT molecular complexity index is 651. The Kier molecular flexibility index (Phi) is 14.9. The van der Waals surface area contributed by atoms with E-state index in [4.69, 9.17) is 0 Å². The summed E-state index contributed by atoms with van der Waals surface area (Å²) in [6.45, 7) is 4.30. The van der Waals surface area contributed by atoms with Crippen molar-refractivity contribution in [2.45, 2.75) is 59.0 Å². The fourth-order valence-electron chi connectivity index (χ4n) is 2.29. The molecule has 0 spiro atoms. The minimum Gasteiger partial charge on any atom is -0.790 e. The van der Waals surface area contributed by atoms with E-state index in [1.165, 1.54) is 25.6 Å². The monoisotopic (exact) mass is 480 g/mol. The van der Waals surface area contributed by atoms with E-state index in [1.807, 2.05) is 13.0 Å². The van der Waals surface area contributed by atoms with Gasteiger partial charge in [-0.1, -0.05) is 37.8 Å². The first-order valence-electron chi connectivity index (χ1n) is 10.0. The molecule has 0 aliphatic rings. The number of carbonyl (C=O) groups is 3. The van der Waals surface area contributed by atoms with E-state index in [1.54, 1.807) is 0 Å².